The Morgan fingerprint density at radius 2 is 2.11 bits per heavy atom. The molecule has 0 aromatic heterocycles. The first-order valence-electron chi connectivity index (χ1n) is 7.04. The van der Waals surface area contributed by atoms with Crippen LogP contribution in [0.2, 0.25) is 0 Å². The van der Waals surface area contributed by atoms with Gasteiger partial charge in [-0.25, -0.2) is 0 Å². The Morgan fingerprint density at radius 1 is 1.44 bits per heavy atom. The SMILES string of the molecule is CCCCC(NCC1(SC)CCCC1)C(=O)OC. The average molecular weight is 273 g/mol. The summed E-state index contributed by atoms with van der Waals surface area (Å²) in [7, 11) is 1.48. The highest BCUT2D eigenvalue weighted by Gasteiger charge is 2.34. The fourth-order valence-electron chi connectivity index (χ4n) is 2.64. The predicted molar refractivity (Wildman–Crippen MR) is 78.0 cm³/mol. The lowest BCUT2D eigenvalue weighted by Crippen LogP contribution is -2.45. The molecule has 106 valence electrons. The predicted octanol–water partition coefficient (Wildman–Crippen LogP) is 2.98. The third-order valence-electron chi connectivity index (χ3n) is 3.95. The van der Waals surface area contributed by atoms with Gasteiger partial charge in [-0.15, -0.1) is 0 Å². The zero-order valence-electron chi connectivity index (χ0n) is 12.0. The van der Waals surface area contributed by atoms with E-state index in [4.69, 9.17) is 4.74 Å². The van der Waals surface area contributed by atoms with Gasteiger partial charge in [0, 0.05) is 11.3 Å². The molecule has 0 heterocycles. The first kappa shape index (κ1) is 15.8. The van der Waals surface area contributed by atoms with Gasteiger partial charge < -0.3 is 10.1 Å². The maximum absolute atomic E-state index is 11.7. The van der Waals surface area contributed by atoms with Crippen LogP contribution < -0.4 is 5.32 Å². The van der Waals surface area contributed by atoms with Crippen molar-refractivity contribution in [2.24, 2.45) is 0 Å². The molecule has 0 aliphatic heterocycles. The Balaban J connectivity index is 2.46. The summed E-state index contributed by atoms with van der Waals surface area (Å²) in [4.78, 5) is 11.7. The quantitative estimate of drug-likeness (QED) is 0.690. The second kappa shape index (κ2) is 8.05. The summed E-state index contributed by atoms with van der Waals surface area (Å²) < 4.78 is 5.23. The molecule has 4 heteroatoms. The third-order valence-corrected chi connectivity index (χ3v) is 5.37. The van der Waals surface area contributed by atoms with Crippen LogP contribution in [0.4, 0.5) is 0 Å². The van der Waals surface area contributed by atoms with Crippen molar-refractivity contribution in [3.63, 3.8) is 0 Å². The van der Waals surface area contributed by atoms with E-state index in [1.165, 1.54) is 32.8 Å². The van der Waals surface area contributed by atoms with Crippen LogP contribution in [-0.4, -0.2) is 36.7 Å². The Morgan fingerprint density at radius 3 is 2.61 bits per heavy atom. The molecule has 1 saturated carbocycles. The molecule has 0 amide bonds. The Labute approximate surface area is 115 Å². The Kier molecular flexibility index (Phi) is 7.08. The fraction of sp³-hybridized carbons (Fsp3) is 0.929. The highest BCUT2D eigenvalue weighted by Crippen LogP contribution is 2.39. The summed E-state index contributed by atoms with van der Waals surface area (Å²) in [5.74, 6) is -0.113. The van der Waals surface area contributed by atoms with Crippen LogP contribution in [-0.2, 0) is 9.53 Å². The molecule has 1 aliphatic carbocycles. The number of thioether (sulfide) groups is 1. The van der Waals surface area contributed by atoms with Gasteiger partial charge in [0.2, 0.25) is 0 Å². The third kappa shape index (κ3) is 4.47. The van der Waals surface area contributed by atoms with Crippen molar-refractivity contribution in [2.75, 3.05) is 19.9 Å². The molecule has 1 N–H and O–H groups in total. The molecule has 18 heavy (non-hydrogen) atoms. The normalized spacial score (nSPS) is 19.7. The van der Waals surface area contributed by atoms with Gasteiger partial charge in [-0.05, 0) is 25.5 Å². The number of ether oxygens (including phenoxy) is 1. The highest BCUT2D eigenvalue weighted by molar-refractivity contribution is 8.00. The van der Waals surface area contributed by atoms with Crippen molar-refractivity contribution >= 4 is 17.7 Å². The summed E-state index contributed by atoms with van der Waals surface area (Å²) in [6, 6.07) is -0.125. The highest BCUT2D eigenvalue weighted by atomic mass is 32.2. The summed E-state index contributed by atoms with van der Waals surface area (Å²) in [6.07, 6.45) is 10.4. The van der Waals surface area contributed by atoms with E-state index in [9.17, 15) is 4.79 Å². The molecule has 1 unspecified atom stereocenters. The van der Waals surface area contributed by atoms with Gasteiger partial charge in [0.05, 0.1) is 7.11 Å². The van der Waals surface area contributed by atoms with Crippen molar-refractivity contribution in [3.8, 4) is 0 Å². The molecule has 0 aromatic rings. The number of unbranched alkanes of at least 4 members (excludes halogenated alkanes) is 1. The summed E-state index contributed by atoms with van der Waals surface area (Å²) in [5, 5.41) is 3.44. The zero-order chi connectivity index (χ0) is 13.4. The number of carbonyl (C=O) groups excluding carboxylic acids is 1. The first-order valence-corrected chi connectivity index (χ1v) is 8.26. The van der Waals surface area contributed by atoms with E-state index in [2.05, 4.69) is 18.5 Å². The van der Waals surface area contributed by atoms with Gasteiger partial charge in [0.1, 0.15) is 6.04 Å². The van der Waals surface area contributed by atoms with Crippen LogP contribution in [0.1, 0.15) is 51.9 Å². The van der Waals surface area contributed by atoms with E-state index in [1.807, 2.05) is 11.8 Å². The number of nitrogens with one attached hydrogen (secondary N) is 1. The van der Waals surface area contributed by atoms with E-state index in [0.717, 1.165) is 25.8 Å². The Hall–Kier alpha value is -0.220. The topological polar surface area (TPSA) is 38.3 Å². The summed E-state index contributed by atoms with van der Waals surface area (Å²) in [6.45, 7) is 3.08. The standard InChI is InChI=1S/C14H27NO2S/c1-4-5-8-12(13(16)17-2)15-11-14(18-3)9-6-7-10-14/h12,15H,4-11H2,1-3H3. The minimum Gasteiger partial charge on any atom is -0.468 e. The van der Waals surface area contributed by atoms with Crippen LogP contribution in [0.5, 0.6) is 0 Å². The maximum Gasteiger partial charge on any atom is 0.322 e. The largest absolute Gasteiger partial charge is 0.468 e. The lowest BCUT2D eigenvalue weighted by atomic mass is 10.1. The minimum absolute atomic E-state index is 0.113. The lowest BCUT2D eigenvalue weighted by Gasteiger charge is -2.29. The van der Waals surface area contributed by atoms with E-state index < -0.39 is 0 Å². The van der Waals surface area contributed by atoms with E-state index >= 15 is 0 Å². The molecule has 1 rings (SSSR count). The van der Waals surface area contributed by atoms with Gasteiger partial charge in [-0.3, -0.25) is 4.79 Å². The lowest BCUT2D eigenvalue weighted by molar-refractivity contribution is -0.143. The molecule has 0 saturated heterocycles. The van der Waals surface area contributed by atoms with E-state index in [-0.39, 0.29) is 12.0 Å². The number of carbonyl (C=O) groups is 1. The second-order valence-corrected chi connectivity index (χ2v) is 6.47. The van der Waals surface area contributed by atoms with Gasteiger partial charge in [0.25, 0.3) is 0 Å². The van der Waals surface area contributed by atoms with Crippen LogP contribution in [0.25, 0.3) is 0 Å². The van der Waals surface area contributed by atoms with Crippen molar-refractivity contribution in [2.45, 2.75) is 62.7 Å². The van der Waals surface area contributed by atoms with Crippen molar-refractivity contribution in [1.82, 2.24) is 5.32 Å². The molecular weight excluding hydrogens is 246 g/mol. The van der Waals surface area contributed by atoms with Gasteiger partial charge in [-0.2, -0.15) is 11.8 Å². The number of hydrogen-bond acceptors (Lipinski definition) is 4. The van der Waals surface area contributed by atoms with Gasteiger partial charge >= 0.3 is 5.97 Å². The number of methoxy groups -OCH3 is 1. The van der Waals surface area contributed by atoms with Crippen LogP contribution in [0.3, 0.4) is 0 Å². The first-order chi connectivity index (χ1) is 8.67. The second-order valence-electron chi connectivity index (χ2n) is 5.19. The number of esters is 1. The van der Waals surface area contributed by atoms with Crippen molar-refractivity contribution in [3.05, 3.63) is 0 Å². The molecule has 0 spiro atoms. The Bertz CT molecular complexity index is 252. The van der Waals surface area contributed by atoms with E-state index in [0.29, 0.717) is 4.75 Å². The molecule has 0 radical (unpaired) electrons. The van der Waals surface area contributed by atoms with Crippen LogP contribution >= 0.6 is 11.8 Å². The smallest absolute Gasteiger partial charge is 0.322 e. The van der Waals surface area contributed by atoms with E-state index in [1.54, 1.807) is 0 Å². The van der Waals surface area contributed by atoms with Gasteiger partial charge in [0.15, 0.2) is 0 Å². The van der Waals surface area contributed by atoms with Crippen LogP contribution in [0, 0.1) is 0 Å². The maximum atomic E-state index is 11.7. The molecule has 1 fully saturated rings. The molecule has 1 aliphatic rings. The number of rotatable bonds is 8. The molecule has 0 aromatic carbocycles. The fourth-order valence-corrected chi connectivity index (χ4v) is 3.56. The zero-order valence-corrected chi connectivity index (χ0v) is 12.8. The minimum atomic E-state index is -0.125. The molecular formula is C14H27NO2S. The number of hydrogen-bond donors (Lipinski definition) is 1. The van der Waals surface area contributed by atoms with Gasteiger partial charge in [-0.1, -0.05) is 32.6 Å². The molecule has 3 nitrogen and oxygen atoms in total. The monoisotopic (exact) mass is 273 g/mol. The van der Waals surface area contributed by atoms with Crippen molar-refractivity contribution in [1.29, 1.82) is 0 Å². The molecule has 1 atom stereocenters. The average Bonchev–Trinajstić information content (AvgIpc) is 2.87. The molecule has 0 bridgehead atoms. The van der Waals surface area contributed by atoms with Crippen LogP contribution in [0.15, 0.2) is 0 Å². The summed E-state index contributed by atoms with van der Waals surface area (Å²) in [5.41, 5.74) is 0. The van der Waals surface area contributed by atoms with Crippen molar-refractivity contribution < 1.29 is 9.53 Å². The summed E-state index contributed by atoms with van der Waals surface area (Å²) >= 11 is 1.95.